The largest absolute Gasteiger partial charge is 0.356 e. The zero-order valence-corrected chi connectivity index (χ0v) is 15.4. The average molecular weight is 362 g/mol. The van der Waals surface area contributed by atoms with E-state index in [4.69, 9.17) is 5.26 Å². The van der Waals surface area contributed by atoms with E-state index in [0.29, 0.717) is 24.3 Å². The van der Waals surface area contributed by atoms with E-state index in [-0.39, 0.29) is 6.03 Å². The normalized spacial score (nSPS) is 16.0. The van der Waals surface area contributed by atoms with Crippen LogP contribution in [0.3, 0.4) is 0 Å². The maximum absolute atomic E-state index is 12.8. The number of nitrogens with zero attached hydrogens (tertiary/aromatic N) is 5. The quantitative estimate of drug-likeness (QED) is 0.888. The molecule has 2 aliphatic rings. The van der Waals surface area contributed by atoms with E-state index in [9.17, 15) is 4.79 Å². The van der Waals surface area contributed by atoms with Gasteiger partial charge in [-0.3, -0.25) is 0 Å². The van der Waals surface area contributed by atoms with Crippen molar-refractivity contribution in [3.05, 3.63) is 46.9 Å². The standard InChI is InChI=1S/C20H22N6O/c1-14-22-18-7-10-26(13-17(18)19(23-14)25-8-2-3-9-25)20(27)24-16-6-4-5-15(11-16)12-21/h4-6,11H,2-3,7-10,13H2,1H3,(H,24,27). The highest BCUT2D eigenvalue weighted by Gasteiger charge is 2.28. The SMILES string of the molecule is Cc1nc2c(c(N3CCCC3)n1)CN(C(=O)Nc1cccc(C#N)c1)CC2. The number of carbonyl (C=O) groups excluding carboxylic acids is 1. The molecule has 0 atom stereocenters. The van der Waals surface area contributed by atoms with Gasteiger partial charge in [-0.1, -0.05) is 6.07 Å². The highest BCUT2D eigenvalue weighted by Crippen LogP contribution is 2.29. The summed E-state index contributed by atoms with van der Waals surface area (Å²) >= 11 is 0. The van der Waals surface area contributed by atoms with E-state index in [2.05, 4.69) is 26.3 Å². The molecule has 4 rings (SSSR count). The molecule has 1 aromatic heterocycles. The molecule has 7 heteroatoms. The fourth-order valence-electron chi connectivity index (χ4n) is 3.75. The van der Waals surface area contributed by atoms with Gasteiger partial charge in [-0.05, 0) is 38.0 Å². The molecule has 1 fully saturated rings. The second-order valence-corrected chi connectivity index (χ2v) is 7.01. The summed E-state index contributed by atoms with van der Waals surface area (Å²) in [5.41, 5.74) is 3.27. The third-order valence-electron chi connectivity index (χ3n) is 5.09. The molecule has 0 bridgehead atoms. The van der Waals surface area contributed by atoms with Gasteiger partial charge < -0.3 is 15.1 Å². The van der Waals surface area contributed by atoms with Crippen molar-refractivity contribution in [3.8, 4) is 6.07 Å². The summed E-state index contributed by atoms with van der Waals surface area (Å²) in [5, 5.41) is 11.9. The van der Waals surface area contributed by atoms with Crippen LogP contribution < -0.4 is 10.2 Å². The fraction of sp³-hybridized carbons (Fsp3) is 0.400. The lowest BCUT2D eigenvalue weighted by molar-refractivity contribution is 0.206. The van der Waals surface area contributed by atoms with Crippen LogP contribution >= 0.6 is 0 Å². The second kappa shape index (κ2) is 7.23. The van der Waals surface area contributed by atoms with E-state index in [0.717, 1.165) is 42.4 Å². The van der Waals surface area contributed by atoms with Gasteiger partial charge in [-0.25, -0.2) is 14.8 Å². The Bertz CT molecular complexity index is 913. The minimum atomic E-state index is -0.163. The summed E-state index contributed by atoms with van der Waals surface area (Å²) in [7, 11) is 0. The Balaban J connectivity index is 1.55. The number of urea groups is 1. The number of nitriles is 1. The molecule has 3 heterocycles. The summed E-state index contributed by atoms with van der Waals surface area (Å²) in [6.45, 7) is 5.07. The zero-order valence-electron chi connectivity index (χ0n) is 15.4. The Hall–Kier alpha value is -3.14. The number of aromatic nitrogens is 2. The first-order valence-electron chi connectivity index (χ1n) is 9.31. The predicted octanol–water partition coefficient (Wildman–Crippen LogP) is 2.85. The molecule has 1 N–H and O–H groups in total. The molecule has 2 aromatic rings. The van der Waals surface area contributed by atoms with Crippen molar-refractivity contribution in [2.24, 2.45) is 0 Å². The van der Waals surface area contributed by atoms with E-state index in [1.807, 2.05) is 6.92 Å². The molecule has 1 saturated heterocycles. The molecule has 0 saturated carbocycles. The van der Waals surface area contributed by atoms with Crippen molar-refractivity contribution in [2.45, 2.75) is 32.7 Å². The summed E-state index contributed by atoms with van der Waals surface area (Å²) in [4.78, 5) is 26.2. The van der Waals surface area contributed by atoms with Gasteiger partial charge in [-0.2, -0.15) is 5.26 Å². The van der Waals surface area contributed by atoms with Crippen LogP contribution in [0.2, 0.25) is 0 Å². The molecule has 7 nitrogen and oxygen atoms in total. The van der Waals surface area contributed by atoms with Gasteiger partial charge in [0.2, 0.25) is 0 Å². The van der Waals surface area contributed by atoms with Crippen LogP contribution in [0.25, 0.3) is 0 Å². The molecule has 0 radical (unpaired) electrons. The number of aryl methyl sites for hydroxylation is 1. The smallest absolute Gasteiger partial charge is 0.322 e. The van der Waals surface area contributed by atoms with Crippen molar-refractivity contribution >= 4 is 17.5 Å². The van der Waals surface area contributed by atoms with Gasteiger partial charge in [-0.15, -0.1) is 0 Å². The minimum absolute atomic E-state index is 0.163. The number of rotatable bonds is 2. The van der Waals surface area contributed by atoms with Crippen LogP contribution in [0.1, 0.15) is 35.5 Å². The number of carbonyl (C=O) groups is 1. The van der Waals surface area contributed by atoms with Crippen LogP contribution in [0, 0.1) is 18.3 Å². The van der Waals surface area contributed by atoms with Crippen molar-refractivity contribution in [3.63, 3.8) is 0 Å². The Kier molecular flexibility index (Phi) is 4.63. The number of hydrogen-bond acceptors (Lipinski definition) is 5. The molecule has 0 spiro atoms. The van der Waals surface area contributed by atoms with Crippen LogP contribution in [0.5, 0.6) is 0 Å². The summed E-state index contributed by atoms with van der Waals surface area (Å²) in [5.74, 6) is 1.78. The van der Waals surface area contributed by atoms with E-state index in [1.54, 1.807) is 29.2 Å². The summed E-state index contributed by atoms with van der Waals surface area (Å²) < 4.78 is 0. The molecule has 1 aromatic carbocycles. The van der Waals surface area contributed by atoms with Gasteiger partial charge >= 0.3 is 6.03 Å². The Labute approximate surface area is 158 Å². The summed E-state index contributed by atoms with van der Waals surface area (Å²) in [6.07, 6.45) is 3.08. The molecular formula is C20H22N6O. The average Bonchev–Trinajstić information content (AvgIpc) is 3.21. The molecule has 138 valence electrons. The zero-order chi connectivity index (χ0) is 18.8. The topological polar surface area (TPSA) is 85.2 Å². The number of benzene rings is 1. The predicted molar refractivity (Wildman–Crippen MR) is 103 cm³/mol. The van der Waals surface area contributed by atoms with Crippen molar-refractivity contribution < 1.29 is 4.79 Å². The first-order chi connectivity index (χ1) is 13.1. The Morgan fingerprint density at radius 1 is 1.22 bits per heavy atom. The molecule has 0 unspecified atom stereocenters. The lowest BCUT2D eigenvalue weighted by atomic mass is 10.1. The minimum Gasteiger partial charge on any atom is -0.356 e. The van der Waals surface area contributed by atoms with Gasteiger partial charge in [0.1, 0.15) is 11.6 Å². The third kappa shape index (κ3) is 3.56. The van der Waals surface area contributed by atoms with Crippen LogP contribution in [0.4, 0.5) is 16.3 Å². The maximum Gasteiger partial charge on any atom is 0.322 e. The first kappa shape index (κ1) is 17.3. The highest BCUT2D eigenvalue weighted by atomic mass is 16.2. The number of amides is 2. The van der Waals surface area contributed by atoms with Gasteiger partial charge in [0.15, 0.2) is 0 Å². The van der Waals surface area contributed by atoms with E-state index in [1.165, 1.54) is 12.8 Å². The van der Waals surface area contributed by atoms with Gasteiger partial charge in [0.25, 0.3) is 0 Å². The van der Waals surface area contributed by atoms with Gasteiger partial charge in [0.05, 0.1) is 23.9 Å². The van der Waals surface area contributed by atoms with Crippen molar-refractivity contribution in [1.82, 2.24) is 14.9 Å². The molecule has 2 amide bonds. The van der Waals surface area contributed by atoms with Crippen molar-refractivity contribution in [1.29, 1.82) is 5.26 Å². The van der Waals surface area contributed by atoms with Gasteiger partial charge in [0, 0.05) is 37.3 Å². The monoisotopic (exact) mass is 362 g/mol. The molecule has 2 aliphatic heterocycles. The lowest BCUT2D eigenvalue weighted by Crippen LogP contribution is -2.40. The van der Waals surface area contributed by atoms with Crippen LogP contribution in [-0.2, 0) is 13.0 Å². The maximum atomic E-state index is 12.8. The number of anilines is 2. The Morgan fingerprint density at radius 3 is 2.81 bits per heavy atom. The number of hydrogen-bond donors (Lipinski definition) is 1. The summed E-state index contributed by atoms with van der Waals surface area (Å²) in [6, 6.07) is 8.88. The third-order valence-corrected chi connectivity index (χ3v) is 5.09. The van der Waals surface area contributed by atoms with Crippen LogP contribution in [-0.4, -0.2) is 40.5 Å². The second-order valence-electron chi connectivity index (χ2n) is 7.01. The molecule has 0 aliphatic carbocycles. The van der Waals surface area contributed by atoms with E-state index >= 15 is 0 Å². The van der Waals surface area contributed by atoms with Crippen LogP contribution in [0.15, 0.2) is 24.3 Å². The van der Waals surface area contributed by atoms with E-state index < -0.39 is 0 Å². The number of nitrogens with one attached hydrogen (secondary N) is 1. The lowest BCUT2D eigenvalue weighted by Gasteiger charge is -2.31. The highest BCUT2D eigenvalue weighted by molar-refractivity contribution is 5.89. The molecular weight excluding hydrogens is 340 g/mol. The fourth-order valence-corrected chi connectivity index (χ4v) is 3.75. The van der Waals surface area contributed by atoms with Crippen molar-refractivity contribution in [2.75, 3.05) is 29.9 Å². The molecule has 27 heavy (non-hydrogen) atoms. The number of fused-ring (bicyclic) bond motifs is 1. The first-order valence-corrected chi connectivity index (χ1v) is 9.31. The Morgan fingerprint density at radius 2 is 2.04 bits per heavy atom.